The van der Waals surface area contributed by atoms with Gasteiger partial charge in [-0.2, -0.15) is 0 Å². The van der Waals surface area contributed by atoms with Crippen LogP contribution in [0.2, 0.25) is 0 Å². The number of piperidine rings is 1. The van der Waals surface area contributed by atoms with Crippen LogP contribution in [-0.4, -0.2) is 62.3 Å². The topological polar surface area (TPSA) is 30.9 Å². The Balaban J connectivity index is 0.00000312. The third kappa shape index (κ3) is 7.74. The van der Waals surface area contributed by atoms with Crippen molar-refractivity contribution < 1.29 is 0 Å². The van der Waals surface area contributed by atoms with Gasteiger partial charge in [-0.05, 0) is 63.2 Å². The van der Waals surface area contributed by atoms with Crippen LogP contribution in [0.1, 0.15) is 25.3 Å². The number of rotatable bonds is 6. The molecule has 1 atom stereocenters. The van der Waals surface area contributed by atoms with Crippen LogP contribution in [0.15, 0.2) is 34.2 Å². The molecule has 1 aliphatic rings. The highest BCUT2D eigenvalue weighted by Gasteiger charge is 2.17. The van der Waals surface area contributed by atoms with E-state index in [4.69, 9.17) is 4.99 Å². The van der Waals surface area contributed by atoms with E-state index < -0.39 is 0 Å². The van der Waals surface area contributed by atoms with Crippen molar-refractivity contribution >= 4 is 41.7 Å². The highest BCUT2D eigenvalue weighted by molar-refractivity contribution is 14.0. The first kappa shape index (κ1) is 22.6. The molecule has 0 radical (unpaired) electrons. The van der Waals surface area contributed by atoms with E-state index >= 15 is 0 Å². The molecule has 1 aliphatic heterocycles. The van der Waals surface area contributed by atoms with Gasteiger partial charge in [0.05, 0.1) is 0 Å². The highest BCUT2D eigenvalue weighted by atomic mass is 127. The molecule has 1 unspecified atom stereocenters. The van der Waals surface area contributed by atoms with Crippen molar-refractivity contribution in [2.45, 2.75) is 31.2 Å². The summed E-state index contributed by atoms with van der Waals surface area (Å²) in [6, 6.07) is 8.80. The Hall–Kier alpha value is -0.470. The van der Waals surface area contributed by atoms with E-state index in [1.165, 1.54) is 36.4 Å². The van der Waals surface area contributed by atoms with Gasteiger partial charge in [0.2, 0.25) is 0 Å². The van der Waals surface area contributed by atoms with E-state index in [1.54, 1.807) is 11.8 Å². The molecule has 1 aromatic carbocycles. The summed E-state index contributed by atoms with van der Waals surface area (Å²) in [6.07, 6.45) is 4.71. The minimum absolute atomic E-state index is 0. The van der Waals surface area contributed by atoms with Crippen LogP contribution < -0.4 is 5.32 Å². The van der Waals surface area contributed by atoms with Gasteiger partial charge in [0.1, 0.15) is 0 Å². The smallest absolute Gasteiger partial charge is 0.193 e. The maximum atomic E-state index is 4.90. The second-order valence-corrected chi connectivity index (χ2v) is 7.55. The summed E-state index contributed by atoms with van der Waals surface area (Å²) >= 11 is 1.78. The van der Waals surface area contributed by atoms with E-state index in [0.717, 1.165) is 25.6 Å². The monoisotopic (exact) mass is 476 g/mol. The van der Waals surface area contributed by atoms with Crippen molar-refractivity contribution in [3.05, 3.63) is 29.8 Å². The summed E-state index contributed by atoms with van der Waals surface area (Å²) in [7, 11) is 4.34. The Morgan fingerprint density at radius 2 is 2.08 bits per heavy atom. The number of hydrogen-bond acceptors (Lipinski definition) is 3. The maximum absolute atomic E-state index is 4.90. The van der Waals surface area contributed by atoms with Gasteiger partial charge in [-0.15, -0.1) is 35.7 Å². The molecule has 142 valence electrons. The summed E-state index contributed by atoms with van der Waals surface area (Å²) in [6.45, 7) is 7.23. The molecule has 0 spiro atoms. The quantitative estimate of drug-likeness (QED) is 0.293. The van der Waals surface area contributed by atoms with Crippen molar-refractivity contribution in [2.75, 3.05) is 46.5 Å². The molecule has 1 fully saturated rings. The van der Waals surface area contributed by atoms with Crippen molar-refractivity contribution in [3.8, 4) is 0 Å². The zero-order valence-corrected chi connectivity index (χ0v) is 19.1. The number of nitrogens with one attached hydrogen (secondary N) is 1. The molecule has 2 rings (SSSR count). The van der Waals surface area contributed by atoms with E-state index in [0.29, 0.717) is 5.92 Å². The van der Waals surface area contributed by atoms with Crippen molar-refractivity contribution in [1.29, 1.82) is 0 Å². The molecule has 0 aromatic heterocycles. The van der Waals surface area contributed by atoms with Crippen LogP contribution in [-0.2, 0) is 6.54 Å². The summed E-state index contributed by atoms with van der Waals surface area (Å²) in [5, 5.41) is 3.43. The van der Waals surface area contributed by atoms with Crippen LogP contribution in [0.4, 0.5) is 0 Å². The number of nitrogens with zero attached hydrogens (tertiary/aromatic N) is 3. The molecule has 1 aromatic rings. The van der Waals surface area contributed by atoms with Crippen molar-refractivity contribution in [3.63, 3.8) is 0 Å². The standard InChI is InChI=1S/C19H32N4S.HI/c1-5-20-19(21-13-17-7-6-12-22(2)14-17)23(3)15-16-8-10-18(24-4)11-9-16;/h8-11,17H,5-7,12-15H2,1-4H3,(H,20,21);1H. The van der Waals surface area contributed by atoms with E-state index in [-0.39, 0.29) is 24.0 Å². The first-order chi connectivity index (χ1) is 11.6. The summed E-state index contributed by atoms with van der Waals surface area (Å²) in [5.74, 6) is 1.70. The SMILES string of the molecule is CCNC(=NCC1CCCN(C)C1)N(C)Cc1ccc(SC)cc1.I. The third-order valence-electron chi connectivity index (χ3n) is 4.50. The molecular weight excluding hydrogens is 443 g/mol. The van der Waals surface area contributed by atoms with Crippen LogP contribution in [0.25, 0.3) is 0 Å². The highest BCUT2D eigenvalue weighted by Crippen LogP contribution is 2.17. The molecule has 25 heavy (non-hydrogen) atoms. The Bertz CT molecular complexity index is 521. The summed E-state index contributed by atoms with van der Waals surface area (Å²) in [5.41, 5.74) is 1.32. The average Bonchev–Trinajstić information content (AvgIpc) is 2.59. The Kier molecular flexibility index (Phi) is 10.8. The fourth-order valence-electron chi connectivity index (χ4n) is 3.19. The number of benzene rings is 1. The molecule has 1 N–H and O–H groups in total. The molecular formula is C19H33IN4S. The number of aliphatic imine (C=N–C) groups is 1. The van der Waals surface area contributed by atoms with Gasteiger partial charge in [0.15, 0.2) is 5.96 Å². The lowest BCUT2D eigenvalue weighted by atomic mass is 9.99. The van der Waals surface area contributed by atoms with Gasteiger partial charge >= 0.3 is 0 Å². The fraction of sp³-hybridized carbons (Fsp3) is 0.632. The lowest BCUT2D eigenvalue weighted by Gasteiger charge is -2.29. The van der Waals surface area contributed by atoms with Gasteiger partial charge in [0, 0.05) is 38.1 Å². The molecule has 0 bridgehead atoms. The van der Waals surface area contributed by atoms with Gasteiger partial charge in [-0.1, -0.05) is 12.1 Å². The third-order valence-corrected chi connectivity index (χ3v) is 5.24. The summed E-state index contributed by atoms with van der Waals surface area (Å²) in [4.78, 5) is 10.9. The zero-order chi connectivity index (χ0) is 17.4. The fourth-order valence-corrected chi connectivity index (χ4v) is 3.60. The predicted octanol–water partition coefficient (Wildman–Crippen LogP) is 3.77. The zero-order valence-electron chi connectivity index (χ0n) is 16.0. The molecule has 0 aliphatic carbocycles. The van der Waals surface area contributed by atoms with Crippen molar-refractivity contribution in [1.82, 2.24) is 15.1 Å². The number of halogens is 1. The van der Waals surface area contributed by atoms with E-state index in [9.17, 15) is 0 Å². The van der Waals surface area contributed by atoms with Crippen LogP contribution in [0.5, 0.6) is 0 Å². The van der Waals surface area contributed by atoms with Gasteiger partial charge in [-0.25, -0.2) is 0 Å². The number of thioether (sulfide) groups is 1. The van der Waals surface area contributed by atoms with Crippen LogP contribution in [0.3, 0.4) is 0 Å². The predicted molar refractivity (Wildman–Crippen MR) is 121 cm³/mol. The number of hydrogen-bond donors (Lipinski definition) is 1. The number of likely N-dealkylation sites (tertiary alicyclic amines) is 1. The number of guanidine groups is 1. The Labute approximate surface area is 174 Å². The molecule has 0 saturated carbocycles. The molecule has 4 nitrogen and oxygen atoms in total. The van der Waals surface area contributed by atoms with Gasteiger partial charge < -0.3 is 15.1 Å². The van der Waals surface area contributed by atoms with Crippen molar-refractivity contribution in [2.24, 2.45) is 10.9 Å². The Morgan fingerprint density at radius 1 is 1.36 bits per heavy atom. The lowest BCUT2D eigenvalue weighted by Crippen LogP contribution is -2.39. The first-order valence-electron chi connectivity index (χ1n) is 8.93. The second kappa shape index (κ2) is 12.0. The molecule has 1 heterocycles. The minimum Gasteiger partial charge on any atom is -0.357 e. The summed E-state index contributed by atoms with van der Waals surface area (Å²) < 4.78 is 0. The minimum atomic E-state index is 0. The van der Waals surface area contributed by atoms with Gasteiger partial charge in [0.25, 0.3) is 0 Å². The maximum Gasteiger partial charge on any atom is 0.193 e. The van der Waals surface area contributed by atoms with Gasteiger partial charge in [-0.3, -0.25) is 4.99 Å². The lowest BCUT2D eigenvalue weighted by molar-refractivity contribution is 0.214. The largest absolute Gasteiger partial charge is 0.357 e. The molecule has 0 amide bonds. The normalized spacial score (nSPS) is 18.6. The van der Waals surface area contributed by atoms with E-state index in [1.807, 2.05) is 0 Å². The molecule has 1 saturated heterocycles. The van der Waals surface area contributed by atoms with Crippen LogP contribution >= 0.6 is 35.7 Å². The first-order valence-corrected chi connectivity index (χ1v) is 10.2. The Morgan fingerprint density at radius 3 is 2.68 bits per heavy atom. The molecule has 6 heteroatoms. The average molecular weight is 476 g/mol. The second-order valence-electron chi connectivity index (χ2n) is 6.67. The van der Waals surface area contributed by atoms with Crippen LogP contribution in [0, 0.1) is 5.92 Å². The van der Waals surface area contributed by atoms with E-state index in [2.05, 4.69) is 66.7 Å².